The fraction of sp³-hybridized carbons (Fsp3) is 0.370. The normalized spacial score (nSPS) is 18.8. The van der Waals surface area contributed by atoms with Crippen LogP contribution in [0.4, 0.5) is 17.6 Å². The zero-order valence-electron chi connectivity index (χ0n) is 19.6. The third kappa shape index (κ3) is 5.93. The Kier molecular flexibility index (Phi) is 7.31. The molecule has 0 spiro atoms. The Morgan fingerprint density at radius 3 is 2.46 bits per heavy atom. The predicted molar refractivity (Wildman–Crippen MR) is 124 cm³/mol. The Bertz CT molecular complexity index is 1130. The molecule has 1 saturated heterocycles. The topological polar surface area (TPSA) is 36.7 Å². The lowest BCUT2D eigenvalue weighted by Crippen LogP contribution is -2.42. The Balaban J connectivity index is 1.61. The third-order valence-electron chi connectivity index (χ3n) is 6.52. The summed E-state index contributed by atoms with van der Waals surface area (Å²) in [6.45, 7) is 5.84. The molecule has 186 valence electrons. The van der Waals surface area contributed by atoms with Crippen molar-refractivity contribution in [2.24, 2.45) is 5.92 Å². The van der Waals surface area contributed by atoms with E-state index in [0.717, 1.165) is 11.8 Å². The van der Waals surface area contributed by atoms with Crippen molar-refractivity contribution >= 4 is 5.91 Å². The number of alkyl halides is 3. The van der Waals surface area contributed by atoms with Crippen LogP contribution in [0.5, 0.6) is 0 Å². The number of furan rings is 1. The molecule has 1 amide bonds. The van der Waals surface area contributed by atoms with Crippen LogP contribution in [-0.2, 0) is 12.7 Å². The molecule has 3 aromatic rings. The Morgan fingerprint density at radius 2 is 1.83 bits per heavy atom. The van der Waals surface area contributed by atoms with E-state index in [0.29, 0.717) is 37.3 Å². The van der Waals surface area contributed by atoms with Crippen molar-refractivity contribution in [3.63, 3.8) is 0 Å². The van der Waals surface area contributed by atoms with Crippen molar-refractivity contribution < 1.29 is 26.8 Å². The second-order valence-electron chi connectivity index (χ2n) is 9.32. The van der Waals surface area contributed by atoms with Crippen LogP contribution in [0.1, 0.15) is 47.0 Å². The van der Waals surface area contributed by atoms with Crippen LogP contribution in [0, 0.1) is 11.7 Å². The van der Waals surface area contributed by atoms with E-state index in [9.17, 15) is 22.4 Å². The number of likely N-dealkylation sites (tertiary alicyclic amines) is 1. The highest BCUT2D eigenvalue weighted by Crippen LogP contribution is 2.37. The van der Waals surface area contributed by atoms with Gasteiger partial charge in [-0.2, -0.15) is 13.2 Å². The summed E-state index contributed by atoms with van der Waals surface area (Å²) in [6.07, 6.45) is -2.84. The summed E-state index contributed by atoms with van der Waals surface area (Å²) in [4.78, 5) is 17.1. The summed E-state index contributed by atoms with van der Waals surface area (Å²) in [5, 5.41) is 0. The Labute approximate surface area is 202 Å². The number of hydrogen-bond donors (Lipinski definition) is 0. The second kappa shape index (κ2) is 10.2. The molecular formula is C27H28F4N2O2. The standard InChI is InChI=1S/C27H28F4N2O2/c1-18(2)33(26(34)19-8-10-23(28)11-9-19)15-21-14-32(16-24-7-4-12-35-24)17-25(21)20-5-3-6-22(13-20)27(29,30)31/h3-13,18,21,25H,14-17H2,1-2H3/t21-,25+/m0/s1. The maximum absolute atomic E-state index is 13.4. The minimum absolute atomic E-state index is 0.0970. The van der Waals surface area contributed by atoms with Gasteiger partial charge in [-0.15, -0.1) is 0 Å². The van der Waals surface area contributed by atoms with Gasteiger partial charge in [0.1, 0.15) is 11.6 Å². The van der Waals surface area contributed by atoms with Crippen molar-refractivity contribution in [2.45, 2.75) is 38.5 Å². The molecule has 4 rings (SSSR count). The van der Waals surface area contributed by atoms with E-state index in [1.165, 1.54) is 36.4 Å². The van der Waals surface area contributed by atoms with Crippen LogP contribution in [-0.4, -0.2) is 41.4 Å². The highest BCUT2D eigenvalue weighted by atomic mass is 19.4. The van der Waals surface area contributed by atoms with E-state index in [-0.39, 0.29) is 23.8 Å². The minimum Gasteiger partial charge on any atom is -0.468 e. The summed E-state index contributed by atoms with van der Waals surface area (Å²) in [7, 11) is 0. The number of rotatable bonds is 7. The molecule has 2 heterocycles. The number of amides is 1. The molecule has 0 radical (unpaired) electrons. The summed E-state index contributed by atoms with van der Waals surface area (Å²) in [5.74, 6) is -0.176. The highest BCUT2D eigenvalue weighted by molar-refractivity contribution is 5.94. The molecule has 0 saturated carbocycles. The molecule has 35 heavy (non-hydrogen) atoms. The average molecular weight is 489 g/mol. The van der Waals surface area contributed by atoms with Gasteiger partial charge in [-0.3, -0.25) is 9.69 Å². The molecule has 1 aliphatic rings. The quantitative estimate of drug-likeness (QED) is 0.372. The first-order valence-electron chi connectivity index (χ1n) is 11.6. The van der Waals surface area contributed by atoms with Crippen LogP contribution < -0.4 is 0 Å². The lowest BCUT2D eigenvalue weighted by atomic mass is 9.87. The van der Waals surface area contributed by atoms with Crippen molar-refractivity contribution in [1.82, 2.24) is 9.80 Å². The van der Waals surface area contributed by atoms with Crippen LogP contribution in [0.3, 0.4) is 0 Å². The predicted octanol–water partition coefficient (Wildman–Crippen LogP) is 6.20. The first kappa shape index (κ1) is 25.0. The molecule has 1 aliphatic heterocycles. The Morgan fingerprint density at radius 1 is 1.09 bits per heavy atom. The summed E-state index contributed by atoms with van der Waals surface area (Å²) < 4.78 is 59.1. The number of hydrogen-bond acceptors (Lipinski definition) is 3. The lowest BCUT2D eigenvalue weighted by molar-refractivity contribution is -0.137. The number of nitrogens with zero attached hydrogens (tertiary/aromatic N) is 2. The van der Waals surface area contributed by atoms with E-state index in [4.69, 9.17) is 4.42 Å². The number of carbonyl (C=O) groups excluding carboxylic acids is 1. The van der Waals surface area contributed by atoms with Crippen molar-refractivity contribution in [3.05, 3.63) is 95.2 Å². The molecule has 2 atom stereocenters. The second-order valence-corrected chi connectivity index (χ2v) is 9.32. The molecule has 2 aromatic carbocycles. The molecule has 0 unspecified atom stereocenters. The van der Waals surface area contributed by atoms with Gasteiger partial charge in [0.05, 0.1) is 18.4 Å². The van der Waals surface area contributed by atoms with Gasteiger partial charge in [0.2, 0.25) is 0 Å². The maximum Gasteiger partial charge on any atom is 0.416 e. The van der Waals surface area contributed by atoms with E-state index < -0.39 is 17.6 Å². The molecule has 0 bridgehead atoms. The zero-order chi connectivity index (χ0) is 25.2. The number of benzene rings is 2. The van der Waals surface area contributed by atoms with Gasteiger partial charge >= 0.3 is 6.18 Å². The highest BCUT2D eigenvalue weighted by Gasteiger charge is 2.38. The van der Waals surface area contributed by atoms with E-state index in [1.54, 1.807) is 23.3 Å². The van der Waals surface area contributed by atoms with Crippen molar-refractivity contribution in [2.75, 3.05) is 19.6 Å². The molecule has 4 nitrogen and oxygen atoms in total. The van der Waals surface area contributed by atoms with E-state index in [1.807, 2.05) is 19.9 Å². The maximum atomic E-state index is 13.4. The molecule has 1 aromatic heterocycles. The first-order chi connectivity index (χ1) is 16.6. The van der Waals surface area contributed by atoms with Crippen LogP contribution in [0.25, 0.3) is 0 Å². The number of halogens is 4. The first-order valence-corrected chi connectivity index (χ1v) is 11.6. The van der Waals surface area contributed by atoms with Gasteiger partial charge in [-0.05, 0) is 67.8 Å². The van der Waals surface area contributed by atoms with E-state index in [2.05, 4.69) is 4.90 Å². The van der Waals surface area contributed by atoms with Gasteiger partial charge in [0.15, 0.2) is 0 Å². The SMILES string of the molecule is CC(C)N(C[C@@H]1CN(Cc2ccco2)C[C@@H]1c1cccc(C(F)(F)F)c1)C(=O)c1ccc(F)cc1. The monoisotopic (exact) mass is 488 g/mol. The van der Waals surface area contributed by atoms with Crippen molar-refractivity contribution in [3.8, 4) is 0 Å². The van der Waals surface area contributed by atoms with Crippen molar-refractivity contribution in [1.29, 1.82) is 0 Å². The molecule has 0 aliphatic carbocycles. The molecular weight excluding hydrogens is 460 g/mol. The third-order valence-corrected chi connectivity index (χ3v) is 6.52. The van der Waals surface area contributed by atoms with Gasteiger partial charge in [0, 0.05) is 37.2 Å². The fourth-order valence-electron chi connectivity index (χ4n) is 4.76. The van der Waals surface area contributed by atoms with Gasteiger partial charge < -0.3 is 9.32 Å². The van der Waals surface area contributed by atoms with Gasteiger partial charge in [-0.25, -0.2) is 4.39 Å². The minimum atomic E-state index is -4.43. The lowest BCUT2D eigenvalue weighted by Gasteiger charge is -2.32. The summed E-state index contributed by atoms with van der Waals surface area (Å²) in [6, 6.07) is 14.4. The Hall–Kier alpha value is -3.13. The smallest absolute Gasteiger partial charge is 0.416 e. The van der Waals surface area contributed by atoms with Crippen LogP contribution >= 0.6 is 0 Å². The largest absolute Gasteiger partial charge is 0.468 e. The van der Waals surface area contributed by atoms with Crippen LogP contribution in [0.15, 0.2) is 71.3 Å². The fourth-order valence-corrected chi connectivity index (χ4v) is 4.76. The molecule has 8 heteroatoms. The average Bonchev–Trinajstić information content (AvgIpc) is 3.47. The summed E-state index contributed by atoms with van der Waals surface area (Å²) in [5.41, 5.74) is 0.298. The number of carbonyl (C=O) groups is 1. The van der Waals surface area contributed by atoms with Gasteiger partial charge in [0.25, 0.3) is 5.91 Å². The van der Waals surface area contributed by atoms with Gasteiger partial charge in [-0.1, -0.05) is 18.2 Å². The zero-order valence-corrected chi connectivity index (χ0v) is 19.6. The molecule has 0 N–H and O–H groups in total. The molecule has 1 fully saturated rings. The van der Waals surface area contributed by atoms with Crippen LogP contribution in [0.2, 0.25) is 0 Å². The summed E-state index contributed by atoms with van der Waals surface area (Å²) >= 11 is 0. The van der Waals surface area contributed by atoms with E-state index >= 15 is 0 Å².